The van der Waals surface area contributed by atoms with E-state index in [1.165, 1.54) is 0 Å². The van der Waals surface area contributed by atoms with Crippen LogP contribution >= 0.6 is 12.2 Å². The highest BCUT2D eigenvalue weighted by molar-refractivity contribution is 7.71. The number of para-hydroxylation sites is 1. The predicted octanol–water partition coefficient (Wildman–Crippen LogP) is 2.82. The molecule has 2 rings (SSSR count). The molecule has 1 aromatic heterocycles. The Morgan fingerprint density at radius 2 is 2.06 bits per heavy atom. The van der Waals surface area contributed by atoms with Gasteiger partial charge in [0.15, 0.2) is 11.5 Å². The minimum Gasteiger partial charge on any atom is -0.493 e. The average molecular weight is 248 g/mol. The fourth-order valence-corrected chi connectivity index (χ4v) is 1.82. The Labute approximate surface area is 104 Å². The van der Waals surface area contributed by atoms with Crippen molar-refractivity contribution < 1.29 is 9.47 Å². The average Bonchev–Trinajstić information content (AvgIpc) is 2.37. The number of methoxy groups -OCH3 is 2. The summed E-state index contributed by atoms with van der Waals surface area (Å²) < 4.78 is 11.2. The van der Waals surface area contributed by atoms with E-state index in [0.717, 1.165) is 11.1 Å². The first-order valence-corrected chi connectivity index (χ1v) is 5.43. The van der Waals surface area contributed by atoms with Crippen LogP contribution in [0.2, 0.25) is 0 Å². The van der Waals surface area contributed by atoms with Crippen molar-refractivity contribution in [2.24, 2.45) is 0 Å². The van der Waals surface area contributed by atoms with Crippen molar-refractivity contribution in [3.63, 3.8) is 0 Å². The minimum atomic E-state index is 0.576. The quantitative estimate of drug-likeness (QED) is 0.848. The van der Waals surface area contributed by atoms with E-state index >= 15 is 0 Å². The summed E-state index contributed by atoms with van der Waals surface area (Å²) in [7, 11) is 3.22. The van der Waals surface area contributed by atoms with Crippen molar-refractivity contribution in [1.29, 1.82) is 0 Å². The van der Waals surface area contributed by atoms with Gasteiger partial charge in [-0.1, -0.05) is 24.4 Å². The fraction of sp³-hybridized carbons (Fsp3) is 0.167. The lowest BCUT2D eigenvalue weighted by Crippen LogP contribution is -1.94. The van der Waals surface area contributed by atoms with Gasteiger partial charge in [-0.25, -0.2) is 0 Å². The van der Waals surface area contributed by atoms with Crippen LogP contribution in [-0.2, 0) is 0 Å². The maximum absolute atomic E-state index is 5.36. The Morgan fingerprint density at radius 1 is 1.24 bits per heavy atom. The number of nitrogens with one attached hydrogen (secondary N) is 1. The third-order valence-electron chi connectivity index (χ3n) is 2.38. The number of aromatic nitrogens is 2. The molecule has 4 nitrogen and oxygen atoms in total. The highest BCUT2D eigenvalue weighted by atomic mass is 32.1. The molecule has 0 bridgehead atoms. The minimum absolute atomic E-state index is 0.576. The van der Waals surface area contributed by atoms with Crippen LogP contribution < -0.4 is 9.47 Å². The lowest BCUT2D eigenvalue weighted by molar-refractivity contribution is 0.356. The van der Waals surface area contributed by atoms with E-state index in [1.807, 2.05) is 24.3 Å². The molecule has 0 aliphatic carbocycles. The molecular weight excluding hydrogens is 236 g/mol. The molecule has 0 saturated carbocycles. The zero-order valence-electron chi connectivity index (χ0n) is 9.56. The summed E-state index contributed by atoms with van der Waals surface area (Å²) in [6.07, 6.45) is 1.70. The number of nitrogens with zero attached hydrogens (tertiary/aromatic N) is 1. The van der Waals surface area contributed by atoms with E-state index in [-0.39, 0.29) is 0 Å². The van der Waals surface area contributed by atoms with Crippen LogP contribution in [0.3, 0.4) is 0 Å². The molecule has 0 aliphatic rings. The summed E-state index contributed by atoms with van der Waals surface area (Å²) in [5.41, 5.74) is 1.80. The molecule has 0 fully saturated rings. The smallest absolute Gasteiger partial charge is 0.168 e. The van der Waals surface area contributed by atoms with Gasteiger partial charge in [0.1, 0.15) is 4.64 Å². The van der Waals surface area contributed by atoms with Gasteiger partial charge in [-0.05, 0) is 12.1 Å². The Kier molecular flexibility index (Phi) is 3.39. The van der Waals surface area contributed by atoms with E-state index in [0.29, 0.717) is 16.1 Å². The molecule has 1 N–H and O–H groups in total. The Balaban J connectivity index is 2.63. The first-order chi connectivity index (χ1) is 8.26. The number of hydrogen-bond donors (Lipinski definition) is 1. The molecule has 1 heterocycles. The Morgan fingerprint density at radius 3 is 2.71 bits per heavy atom. The maximum atomic E-state index is 5.36. The largest absolute Gasteiger partial charge is 0.493 e. The summed E-state index contributed by atoms with van der Waals surface area (Å²) in [5.74, 6) is 1.36. The number of rotatable bonds is 3. The van der Waals surface area contributed by atoms with E-state index in [9.17, 15) is 0 Å². The van der Waals surface area contributed by atoms with Gasteiger partial charge in [-0.3, -0.25) is 5.10 Å². The van der Waals surface area contributed by atoms with Crippen LogP contribution in [0.15, 0.2) is 30.5 Å². The molecule has 0 atom stereocenters. The topological polar surface area (TPSA) is 47.1 Å². The summed E-state index contributed by atoms with van der Waals surface area (Å²) in [6.45, 7) is 0. The van der Waals surface area contributed by atoms with Crippen molar-refractivity contribution in [3.05, 3.63) is 35.1 Å². The molecular formula is C12H12N2O2S. The van der Waals surface area contributed by atoms with Gasteiger partial charge in [0, 0.05) is 11.1 Å². The van der Waals surface area contributed by atoms with E-state index in [2.05, 4.69) is 10.2 Å². The second-order valence-electron chi connectivity index (χ2n) is 3.38. The second-order valence-corrected chi connectivity index (χ2v) is 3.81. The molecule has 0 aliphatic heterocycles. The van der Waals surface area contributed by atoms with Crippen LogP contribution in [-0.4, -0.2) is 24.4 Å². The summed E-state index contributed by atoms with van der Waals surface area (Å²) in [6, 6.07) is 7.52. The van der Waals surface area contributed by atoms with Gasteiger partial charge >= 0.3 is 0 Å². The first kappa shape index (κ1) is 11.6. The molecule has 0 spiro atoms. The molecule has 0 amide bonds. The molecule has 2 aromatic rings. The lowest BCUT2D eigenvalue weighted by atomic mass is 10.1. The molecule has 5 heteroatoms. The molecule has 88 valence electrons. The third kappa shape index (κ3) is 2.29. The van der Waals surface area contributed by atoms with E-state index in [1.54, 1.807) is 20.4 Å². The number of aromatic amines is 1. The zero-order valence-corrected chi connectivity index (χ0v) is 10.4. The zero-order chi connectivity index (χ0) is 12.3. The highest BCUT2D eigenvalue weighted by Crippen LogP contribution is 2.37. The summed E-state index contributed by atoms with van der Waals surface area (Å²) in [4.78, 5) is 0. The predicted molar refractivity (Wildman–Crippen MR) is 68.0 cm³/mol. The van der Waals surface area contributed by atoms with Crippen molar-refractivity contribution >= 4 is 12.2 Å². The van der Waals surface area contributed by atoms with Crippen LogP contribution in [0, 0.1) is 4.64 Å². The number of H-pyrrole nitrogens is 1. The number of benzene rings is 1. The van der Waals surface area contributed by atoms with Crippen molar-refractivity contribution in [1.82, 2.24) is 10.2 Å². The van der Waals surface area contributed by atoms with Crippen LogP contribution in [0.1, 0.15) is 0 Å². The summed E-state index contributed by atoms with van der Waals surface area (Å²) >= 11 is 5.05. The van der Waals surface area contributed by atoms with Gasteiger partial charge in [0.05, 0.1) is 20.4 Å². The third-order valence-corrected chi connectivity index (χ3v) is 2.59. The Hall–Kier alpha value is -1.88. The van der Waals surface area contributed by atoms with Crippen molar-refractivity contribution in [2.75, 3.05) is 14.2 Å². The molecule has 0 radical (unpaired) electrons. The molecule has 0 unspecified atom stereocenters. The van der Waals surface area contributed by atoms with E-state index in [4.69, 9.17) is 21.7 Å². The van der Waals surface area contributed by atoms with Gasteiger partial charge < -0.3 is 9.47 Å². The van der Waals surface area contributed by atoms with Crippen LogP contribution in [0.5, 0.6) is 11.5 Å². The first-order valence-electron chi connectivity index (χ1n) is 5.02. The van der Waals surface area contributed by atoms with Gasteiger partial charge in [-0.2, -0.15) is 5.10 Å². The van der Waals surface area contributed by atoms with Crippen molar-refractivity contribution in [3.8, 4) is 22.6 Å². The SMILES string of the molecule is COc1cccc(-c2cn[nH]c(=S)c2)c1OC. The maximum Gasteiger partial charge on any atom is 0.168 e. The van der Waals surface area contributed by atoms with Gasteiger partial charge in [-0.15, -0.1) is 0 Å². The van der Waals surface area contributed by atoms with Crippen LogP contribution in [0.4, 0.5) is 0 Å². The molecule has 0 saturated heterocycles. The fourth-order valence-electron chi connectivity index (χ4n) is 1.64. The highest BCUT2D eigenvalue weighted by Gasteiger charge is 2.11. The monoisotopic (exact) mass is 248 g/mol. The van der Waals surface area contributed by atoms with Crippen molar-refractivity contribution in [2.45, 2.75) is 0 Å². The standard InChI is InChI=1S/C12H12N2O2S/c1-15-10-5-3-4-9(12(10)16-2)8-6-11(17)14-13-7-8/h3-7H,1-2H3,(H,14,17). The number of hydrogen-bond acceptors (Lipinski definition) is 4. The number of ether oxygens (including phenoxy) is 2. The molecule has 1 aromatic carbocycles. The summed E-state index contributed by atoms with van der Waals surface area (Å²) in [5, 5.41) is 6.67. The molecule has 17 heavy (non-hydrogen) atoms. The van der Waals surface area contributed by atoms with Gasteiger partial charge in [0.2, 0.25) is 0 Å². The second kappa shape index (κ2) is 4.97. The van der Waals surface area contributed by atoms with Gasteiger partial charge in [0.25, 0.3) is 0 Å². The van der Waals surface area contributed by atoms with E-state index < -0.39 is 0 Å². The normalized spacial score (nSPS) is 10.0. The Bertz CT molecular complexity index is 581. The van der Waals surface area contributed by atoms with Crippen LogP contribution in [0.25, 0.3) is 11.1 Å². The lowest BCUT2D eigenvalue weighted by Gasteiger charge is -2.12.